The zero-order chi connectivity index (χ0) is 12.6. The summed E-state index contributed by atoms with van der Waals surface area (Å²) in [5.41, 5.74) is 8.59. The third-order valence-electron chi connectivity index (χ3n) is 2.85. The van der Waals surface area contributed by atoms with Crippen molar-refractivity contribution >= 4 is 21.3 Å². The molecule has 0 aromatic carbocycles. The van der Waals surface area contributed by atoms with Gasteiger partial charge in [-0.15, -0.1) is 0 Å². The van der Waals surface area contributed by atoms with Crippen molar-refractivity contribution in [3.8, 4) is 0 Å². The lowest BCUT2D eigenvalue weighted by molar-refractivity contribution is -0.120. The minimum absolute atomic E-state index is 0.0503. The van der Waals surface area contributed by atoms with E-state index in [0.717, 1.165) is 6.26 Å². The Morgan fingerprint density at radius 1 is 1.29 bits per heavy atom. The molecule has 17 heavy (non-hydrogen) atoms. The van der Waals surface area contributed by atoms with Crippen LogP contribution in [0, 0.1) is 11.8 Å². The first kappa shape index (κ1) is 11.7. The summed E-state index contributed by atoms with van der Waals surface area (Å²) in [6.45, 7) is 0. The van der Waals surface area contributed by atoms with E-state index in [2.05, 4.69) is 4.79 Å². The lowest BCUT2D eigenvalue weighted by Gasteiger charge is -2.25. The summed E-state index contributed by atoms with van der Waals surface area (Å²) in [7, 11) is -3.34. The maximum absolute atomic E-state index is 11.8. The number of allylic oxidation sites excluding steroid dienone is 6. The zero-order valence-corrected chi connectivity index (χ0v) is 9.89. The molecule has 0 radical (unpaired) electrons. The number of Topliss-reactive ketones (excluding diaryl/α,β-unsaturated/α-hetero) is 1. The first-order chi connectivity index (χ1) is 7.95. The molecule has 2 aliphatic rings. The topological polar surface area (TPSA) is 87.6 Å². The van der Waals surface area contributed by atoms with Gasteiger partial charge in [0.05, 0.1) is 10.8 Å². The summed E-state index contributed by atoms with van der Waals surface area (Å²) in [4.78, 5) is 14.9. The van der Waals surface area contributed by atoms with Crippen LogP contribution in [0.5, 0.6) is 0 Å². The van der Waals surface area contributed by atoms with Crippen molar-refractivity contribution < 1.29 is 18.0 Å². The molecule has 0 heterocycles. The maximum Gasteiger partial charge on any atom is 0.358 e. The zero-order valence-electron chi connectivity index (χ0n) is 9.07. The molecule has 0 amide bonds. The fraction of sp³-hybridized carbons (Fsp3) is 0.273. The minimum Gasteiger partial charge on any atom is -0.361 e. The number of carbonyl (C=O) groups excluding carboxylic acids is 1. The van der Waals surface area contributed by atoms with Crippen LogP contribution in [-0.4, -0.2) is 31.0 Å². The summed E-state index contributed by atoms with van der Waals surface area (Å²) in [5.74, 6) is -1.46. The average molecular weight is 250 g/mol. The van der Waals surface area contributed by atoms with Gasteiger partial charge in [0.25, 0.3) is 5.78 Å². The Balaban J connectivity index is 2.54. The second-order valence-corrected chi connectivity index (χ2v) is 6.00. The second kappa shape index (κ2) is 3.91. The Bertz CT molecular complexity index is 619. The molecule has 0 fully saturated rings. The molecule has 5 nitrogen and oxygen atoms in total. The van der Waals surface area contributed by atoms with Gasteiger partial charge in [-0.05, 0) is 6.08 Å². The molecule has 0 spiro atoms. The van der Waals surface area contributed by atoms with Crippen LogP contribution >= 0.6 is 0 Å². The quantitative estimate of drug-likeness (QED) is 0.502. The lowest BCUT2D eigenvalue weighted by atomic mass is 9.79. The number of sulfone groups is 1. The van der Waals surface area contributed by atoms with E-state index in [1.807, 2.05) is 0 Å². The predicted octanol–water partition coefficient (Wildman–Crippen LogP) is 0.527. The second-order valence-electron chi connectivity index (χ2n) is 3.99. The van der Waals surface area contributed by atoms with E-state index in [1.165, 1.54) is 12.2 Å². The van der Waals surface area contributed by atoms with Gasteiger partial charge in [-0.2, -0.15) is 4.79 Å². The number of nitrogens with zero attached hydrogens (tertiary/aromatic N) is 2. The van der Waals surface area contributed by atoms with Crippen LogP contribution in [-0.2, 0) is 14.6 Å². The van der Waals surface area contributed by atoms with Gasteiger partial charge in [-0.1, -0.05) is 18.2 Å². The van der Waals surface area contributed by atoms with Crippen molar-refractivity contribution in [3.05, 3.63) is 40.8 Å². The Kier molecular flexibility index (Phi) is 2.69. The predicted molar refractivity (Wildman–Crippen MR) is 61.8 cm³/mol. The normalized spacial score (nSPS) is 27.5. The van der Waals surface area contributed by atoms with Crippen LogP contribution in [0.15, 0.2) is 35.3 Å². The molecule has 2 unspecified atom stereocenters. The highest BCUT2D eigenvalue weighted by atomic mass is 32.2. The van der Waals surface area contributed by atoms with Gasteiger partial charge in [0.1, 0.15) is 0 Å². The van der Waals surface area contributed by atoms with Crippen molar-refractivity contribution in [1.29, 1.82) is 0 Å². The Labute approximate surface area is 98.7 Å². The summed E-state index contributed by atoms with van der Waals surface area (Å²) >= 11 is 0. The first-order valence-electron chi connectivity index (χ1n) is 4.98. The molecule has 88 valence electrons. The van der Waals surface area contributed by atoms with Crippen LogP contribution < -0.4 is 0 Å². The van der Waals surface area contributed by atoms with Gasteiger partial charge in [0.2, 0.25) is 0 Å². The van der Waals surface area contributed by atoms with E-state index in [-0.39, 0.29) is 16.4 Å². The number of fused-ring (bicyclic) bond motifs is 1. The molecule has 2 aliphatic carbocycles. The molecular formula is C11H10N2O3S. The Morgan fingerprint density at radius 3 is 2.59 bits per heavy atom. The van der Waals surface area contributed by atoms with Crippen LogP contribution in [0.25, 0.3) is 5.53 Å². The molecule has 2 atom stereocenters. The highest BCUT2D eigenvalue weighted by Gasteiger charge is 2.40. The van der Waals surface area contributed by atoms with Gasteiger partial charge in [-0.3, -0.25) is 4.79 Å². The highest BCUT2D eigenvalue weighted by molar-refractivity contribution is 7.94. The van der Waals surface area contributed by atoms with Crippen molar-refractivity contribution in [1.82, 2.24) is 0 Å². The standard InChI is InChI=1S/C11H10N2O3S/c1-17(15,16)10-4-2-3-8-7(10)5-6-9(13-12)11(8)14/h2-8H,1H3. The van der Waals surface area contributed by atoms with Crippen LogP contribution in [0.2, 0.25) is 0 Å². The minimum atomic E-state index is -3.34. The van der Waals surface area contributed by atoms with Gasteiger partial charge in [0.15, 0.2) is 9.84 Å². The third kappa shape index (κ3) is 1.92. The molecule has 0 aliphatic heterocycles. The highest BCUT2D eigenvalue weighted by Crippen LogP contribution is 2.33. The van der Waals surface area contributed by atoms with Gasteiger partial charge >= 0.3 is 5.71 Å². The Morgan fingerprint density at radius 2 is 2.00 bits per heavy atom. The van der Waals surface area contributed by atoms with E-state index in [0.29, 0.717) is 0 Å². The number of hydrogen-bond donors (Lipinski definition) is 0. The van der Waals surface area contributed by atoms with Crippen molar-refractivity contribution in [2.75, 3.05) is 6.26 Å². The van der Waals surface area contributed by atoms with Crippen LogP contribution in [0.3, 0.4) is 0 Å². The first-order valence-corrected chi connectivity index (χ1v) is 6.87. The van der Waals surface area contributed by atoms with E-state index in [1.54, 1.807) is 18.2 Å². The van der Waals surface area contributed by atoms with E-state index in [4.69, 9.17) is 5.53 Å². The van der Waals surface area contributed by atoms with Gasteiger partial charge in [-0.25, -0.2) is 8.42 Å². The number of ketones is 1. The van der Waals surface area contributed by atoms with Crippen LogP contribution in [0.1, 0.15) is 0 Å². The van der Waals surface area contributed by atoms with Gasteiger partial charge < -0.3 is 5.53 Å². The molecule has 0 N–H and O–H groups in total. The van der Waals surface area contributed by atoms with Crippen molar-refractivity contribution in [2.24, 2.45) is 11.8 Å². The Hall–Kier alpha value is -1.78. The number of rotatable bonds is 1. The fourth-order valence-corrected chi connectivity index (χ4v) is 3.09. The van der Waals surface area contributed by atoms with Crippen LogP contribution in [0.4, 0.5) is 0 Å². The van der Waals surface area contributed by atoms with Crippen molar-refractivity contribution in [3.63, 3.8) is 0 Å². The largest absolute Gasteiger partial charge is 0.361 e. The lowest BCUT2D eigenvalue weighted by Crippen LogP contribution is -2.34. The summed E-state index contributed by atoms with van der Waals surface area (Å²) in [6, 6.07) is 0. The molecule has 0 saturated carbocycles. The van der Waals surface area contributed by atoms with Gasteiger partial charge in [0, 0.05) is 18.2 Å². The van der Waals surface area contributed by atoms with E-state index < -0.39 is 21.7 Å². The molecule has 0 saturated heterocycles. The number of hydrogen-bond acceptors (Lipinski definition) is 3. The summed E-state index contributed by atoms with van der Waals surface area (Å²) in [5, 5.41) is 0. The van der Waals surface area contributed by atoms with Crippen molar-refractivity contribution in [2.45, 2.75) is 0 Å². The number of carbonyl (C=O) groups is 1. The molecule has 0 bridgehead atoms. The molecular weight excluding hydrogens is 240 g/mol. The molecule has 0 aromatic rings. The maximum atomic E-state index is 11.8. The third-order valence-corrected chi connectivity index (χ3v) is 4.11. The monoisotopic (exact) mass is 250 g/mol. The molecule has 2 rings (SSSR count). The SMILES string of the molecule is CS(=O)(=O)C1=CC=CC2C(=O)C(=[N+]=[N-])C=CC12. The van der Waals surface area contributed by atoms with E-state index >= 15 is 0 Å². The fourth-order valence-electron chi connectivity index (χ4n) is 2.04. The smallest absolute Gasteiger partial charge is 0.358 e. The molecule has 6 heteroatoms. The summed E-state index contributed by atoms with van der Waals surface area (Å²) in [6.07, 6.45) is 8.71. The molecule has 0 aromatic heterocycles. The van der Waals surface area contributed by atoms with E-state index in [9.17, 15) is 13.2 Å². The summed E-state index contributed by atoms with van der Waals surface area (Å²) < 4.78 is 23.1. The average Bonchev–Trinajstić information content (AvgIpc) is 2.28.